The predicted octanol–water partition coefficient (Wildman–Crippen LogP) is 2.08. The summed E-state index contributed by atoms with van der Waals surface area (Å²) >= 11 is 0. The van der Waals surface area contributed by atoms with Crippen molar-refractivity contribution >= 4 is 11.5 Å². The smallest absolute Gasteiger partial charge is 0.304 e. The molecule has 0 atom stereocenters. The molecule has 0 unspecified atom stereocenters. The van der Waals surface area contributed by atoms with Gasteiger partial charge in [0, 0.05) is 31.9 Å². The number of hydrogen-bond donors (Lipinski definition) is 1. The Hall–Kier alpha value is -2.44. The van der Waals surface area contributed by atoms with Crippen molar-refractivity contribution in [1.29, 1.82) is 0 Å². The summed E-state index contributed by atoms with van der Waals surface area (Å²) in [6.45, 7) is 0.353. The van der Waals surface area contributed by atoms with Crippen molar-refractivity contribution in [2.75, 3.05) is 5.32 Å². The first-order valence-electron chi connectivity index (χ1n) is 5.22. The topological polar surface area (TPSA) is 73.0 Å². The van der Waals surface area contributed by atoms with Crippen LogP contribution in [0.25, 0.3) is 0 Å². The van der Waals surface area contributed by atoms with E-state index < -0.39 is 16.4 Å². The van der Waals surface area contributed by atoms with E-state index in [1.807, 2.05) is 0 Å². The number of aromatic nitrogens is 2. The van der Waals surface area contributed by atoms with Crippen LogP contribution in [0.3, 0.4) is 0 Å². The second-order valence-electron chi connectivity index (χ2n) is 3.77. The molecule has 0 aliphatic rings. The quantitative estimate of drug-likeness (QED) is 0.666. The van der Waals surface area contributed by atoms with Crippen molar-refractivity contribution < 1.29 is 9.31 Å². The maximum Gasteiger partial charge on any atom is 0.304 e. The second-order valence-corrected chi connectivity index (χ2v) is 3.77. The molecule has 0 aliphatic heterocycles. The monoisotopic (exact) mass is 250 g/mol. The molecule has 2 aromatic rings. The number of nitrogens with one attached hydrogen (secondary N) is 1. The maximum atomic E-state index is 13.3. The molecular weight excluding hydrogens is 239 g/mol. The van der Waals surface area contributed by atoms with Crippen LogP contribution in [0.5, 0.6) is 0 Å². The van der Waals surface area contributed by atoms with Crippen molar-refractivity contribution in [2.24, 2.45) is 7.05 Å². The van der Waals surface area contributed by atoms with Crippen LogP contribution in [0.4, 0.5) is 15.9 Å². The van der Waals surface area contributed by atoms with Crippen LogP contribution in [0.2, 0.25) is 0 Å². The molecule has 0 saturated heterocycles. The molecule has 1 N–H and O–H groups in total. The number of nitro benzene ring substituents is 1. The van der Waals surface area contributed by atoms with Gasteiger partial charge in [0.1, 0.15) is 5.82 Å². The fourth-order valence-electron chi connectivity index (χ4n) is 1.51. The lowest BCUT2D eigenvalue weighted by Crippen LogP contribution is -2.02. The van der Waals surface area contributed by atoms with Crippen molar-refractivity contribution in [1.82, 2.24) is 9.78 Å². The molecule has 0 radical (unpaired) electrons. The van der Waals surface area contributed by atoms with E-state index in [1.54, 1.807) is 24.0 Å². The van der Waals surface area contributed by atoms with Gasteiger partial charge in [-0.25, -0.2) is 0 Å². The van der Waals surface area contributed by atoms with Crippen molar-refractivity contribution in [2.45, 2.75) is 6.54 Å². The fourth-order valence-corrected chi connectivity index (χ4v) is 1.51. The zero-order chi connectivity index (χ0) is 13.1. The Labute approximate surface area is 102 Å². The molecule has 7 heteroatoms. The number of nitrogens with zero attached hydrogens (tertiary/aromatic N) is 3. The molecule has 1 aromatic carbocycles. The lowest BCUT2D eigenvalue weighted by Gasteiger charge is -2.03. The summed E-state index contributed by atoms with van der Waals surface area (Å²) in [5.41, 5.74) is 0.0975. The van der Waals surface area contributed by atoms with Crippen LogP contribution in [0.1, 0.15) is 5.56 Å². The zero-order valence-corrected chi connectivity index (χ0v) is 9.63. The van der Waals surface area contributed by atoms with E-state index >= 15 is 0 Å². The molecule has 0 aliphatic carbocycles. The van der Waals surface area contributed by atoms with Gasteiger partial charge in [0.2, 0.25) is 5.82 Å². The number of nitro groups is 1. The van der Waals surface area contributed by atoms with Gasteiger partial charge in [-0.2, -0.15) is 9.49 Å². The van der Waals surface area contributed by atoms with Crippen LogP contribution in [0, 0.1) is 15.9 Å². The van der Waals surface area contributed by atoms with E-state index in [1.165, 1.54) is 6.07 Å². The van der Waals surface area contributed by atoms with Gasteiger partial charge in [-0.15, -0.1) is 0 Å². The Bertz CT molecular complexity index is 582. The average molecular weight is 250 g/mol. The molecule has 0 amide bonds. The molecule has 2 rings (SSSR count). The molecule has 0 spiro atoms. The molecule has 0 saturated carbocycles. The van der Waals surface area contributed by atoms with Crippen molar-refractivity contribution in [3.05, 3.63) is 52.0 Å². The Kier molecular flexibility index (Phi) is 3.22. The van der Waals surface area contributed by atoms with Crippen LogP contribution in [-0.2, 0) is 13.6 Å². The number of aryl methyl sites for hydroxylation is 1. The molecular formula is C11H11FN4O2. The summed E-state index contributed by atoms with van der Waals surface area (Å²) in [5, 5.41) is 17.5. The minimum atomic E-state index is -0.833. The van der Waals surface area contributed by atoms with Gasteiger partial charge < -0.3 is 5.32 Å². The van der Waals surface area contributed by atoms with Gasteiger partial charge in [-0.3, -0.25) is 14.8 Å². The molecule has 18 heavy (non-hydrogen) atoms. The highest BCUT2D eigenvalue weighted by molar-refractivity contribution is 5.38. The summed E-state index contributed by atoms with van der Waals surface area (Å²) in [6.07, 6.45) is 1.78. The van der Waals surface area contributed by atoms with E-state index in [2.05, 4.69) is 10.4 Å². The molecule has 0 fully saturated rings. The molecule has 0 bridgehead atoms. The van der Waals surface area contributed by atoms with Crippen LogP contribution < -0.4 is 5.32 Å². The molecule has 6 nitrogen and oxygen atoms in total. The first-order chi connectivity index (χ1) is 8.56. The first-order valence-corrected chi connectivity index (χ1v) is 5.22. The van der Waals surface area contributed by atoms with Crippen LogP contribution in [-0.4, -0.2) is 14.7 Å². The minimum Gasteiger partial charge on any atom is -0.365 e. The lowest BCUT2D eigenvalue weighted by molar-refractivity contribution is -0.387. The Balaban J connectivity index is 2.06. The number of benzene rings is 1. The molecule has 94 valence electrons. The highest BCUT2D eigenvalue weighted by atomic mass is 19.1. The van der Waals surface area contributed by atoms with E-state index in [0.29, 0.717) is 17.9 Å². The Morgan fingerprint density at radius 2 is 2.28 bits per heavy atom. The highest BCUT2D eigenvalue weighted by Crippen LogP contribution is 2.18. The second kappa shape index (κ2) is 4.82. The van der Waals surface area contributed by atoms with E-state index in [-0.39, 0.29) is 0 Å². The largest absolute Gasteiger partial charge is 0.365 e. The van der Waals surface area contributed by atoms with Crippen molar-refractivity contribution in [3.8, 4) is 0 Å². The van der Waals surface area contributed by atoms with Crippen molar-refractivity contribution in [3.63, 3.8) is 0 Å². The SMILES string of the molecule is Cn1ccc(NCc2ccc([N+](=O)[O-])c(F)c2)n1. The zero-order valence-electron chi connectivity index (χ0n) is 9.63. The summed E-state index contributed by atoms with van der Waals surface area (Å²) < 4.78 is 15.0. The van der Waals surface area contributed by atoms with Gasteiger partial charge >= 0.3 is 5.69 Å². The number of hydrogen-bond acceptors (Lipinski definition) is 4. The average Bonchev–Trinajstić information content (AvgIpc) is 2.72. The fraction of sp³-hybridized carbons (Fsp3) is 0.182. The Morgan fingerprint density at radius 1 is 1.50 bits per heavy atom. The van der Waals surface area contributed by atoms with E-state index in [9.17, 15) is 14.5 Å². The standard InChI is InChI=1S/C11H11FN4O2/c1-15-5-4-11(14-15)13-7-8-2-3-10(16(17)18)9(12)6-8/h2-6H,7H2,1H3,(H,13,14). The molecule has 1 aromatic heterocycles. The van der Waals surface area contributed by atoms with Gasteiger partial charge in [-0.05, 0) is 11.6 Å². The maximum absolute atomic E-state index is 13.3. The predicted molar refractivity (Wildman–Crippen MR) is 63.6 cm³/mol. The number of rotatable bonds is 4. The third kappa shape index (κ3) is 2.62. The first kappa shape index (κ1) is 12.0. The van der Waals surface area contributed by atoms with Crippen LogP contribution >= 0.6 is 0 Å². The molecule has 1 heterocycles. The lowest BCUT2D eigenvalue weighted by atomic mass is 10.2. The van der Waals surface area contributed by atoms with Gasteiger partial charge in [0.05, 0.1) is 4.92 Å². The van der Waals surface area contributed by atoms with E-state index in [4.69, 9.17) is 0 Å². The van der Waals surface area contributed by atoms with Gasteiger partial charge in [0.15, 0.2) is 0 Å². The number of halogens is 1. The normalized spacial score (nSPS) is 10.3. The third-order valence-electron chi connectivity index (χ3n) is 2.40. The summed E-state index contributed by atoms with van der Waals surface area (Å²) in [4.78, 5) is 9.71. The summed E-state index contributed by atoms with van der Waals surface area (Å²) in [7, 11) is 1.79. The van der Waals surface area contributed by atoms with Gasteiger partial charge in [-0.1, -0.05) is 6.07 Å². The summed E-state index contributed by atoms with van der Waals surface area (Å²) in [5.74, 6) is -0.170. The Morgan fingerprint density at radius 3 is 2.83 bits per heavy atom. The minimum absolute atomic E-state index is 0.353. The van der Waals surface area contributed by atoms with E-state index in [0.717, 1.165) is 12.1 Å². The summed E-state index contributed by atoms with van der Waals surface area (Å²) in [6, 6.07) is 5.59. The van der Waals surface area contributed by atoms with Crippen LogP contribution in [0.15, 0.2) is 30.5 Å². The third-order valence-corrected chi connectivity index (χ3v) is 2.40. The van der Waals surface area contributed by atoms with Gasteiger partial charge in [0.25, 0.3) is 0 Å². The number of anilines is 1. The highest BCUT2D eigenvalue weighted by Gasteiger charge is 2.13.